The third-order valence-electron chi connectivity index (χ3n) is 2.54. The average molecular weight is 249 g/mol. The van der Waals surface area contributed by atoms with Gasteiger partial charge in [0.25, 0.3) is 5.92 Å². The van der Waals surface area contributed by atoms with Crippen LogP contribution in [0.25, 0.3) is 0 Å². The van der Waals surface area contributed by atoms with Gasteiger partial charge in [-0.25, -0.2) is 8.78 Å². The summed E-state index contributed by atoms with van der Waals surface area (Å²) in [5, 5.41) is 18.8. The van der Waals surface area contributed by atoms with Gasteiger partial charge in [-0.15, -0.1) is 0 Å². The predicted molar refractivity (Wildman–Crippen MR) is 49.9 cm³/mol. The molecule has 1 unspecified atom stereocenters. The predicted octanol–water partition coefficient (Wildman–Crippen LogP) is 2.02. The Morgan fingerprint density at radius 1 is 1.56 bits per heavy atom. The quantitative estimate of drug-likeness (QED) is 0.656. The Bertz CT molecular complexity index is 486. The molecule has 0 bridgehead atoms. The normalized spacial score (nSPS) is 26.4. The van der Waals surface area contributed by atoms with Crippen LogP contribution in [0.3, 0.4) is 0 Å². The Morgan fingerprint density at radius 3 is 2.44 bits per heavy atom. The van der Waals surface area contributed by atoms with Crippen LogP contribution in [-0.4, -0.2) is 21.9 Å². The molecule has 0 aliphatic heterocycles. The molecule has 1 saturated carbocycles. The van der Waals surface area contributed by atoms with Gasteiger partial charge in [-0.1, -0.05) is 11.3 Å². The number of hydrogen-bond donors (Lipinski definition) is 1. The summed E-state index contributed by atoms with van der Waals surface area (Å²) in [6.07, 6.45) is -0.799. The monoisotopic (exact) mass is 249 g/mol. The third-order valence-corrected chi connectivity index (χ3v) is 3.74. The highest BCUT2D eigenvalue weighted by Gasteiger charge is 2.78. The maximum absolute atomic E-state index is 13.1. The zero-order valence-corrected chi connectivity index (χ0v) is 8.46. The fourth-order valence-electron chi connectivity index (χ4n) is 1.55. The Balaban J connectivity index is 2.43. The fraction of sp³-hybridized carbons (Fsp3) is 0.375. The van der Waals surface area contributed by atoms with Crippen LogP contribution in [0, 0.1) is 10.1 Å². The molecule has 1 aromatic rings. The number of alkyl halides is 2. The van der Waals surface area contributed by atoms with Gasteiger partial charge in [0.05, 0.1) is 4.92 Å². The van der Waals surface area contributed by atoms with Gasteiger partial charge in [0, 0.05) is 17.4 Å². The van der Waals surface area contributed by atoms with E-state index < -0.39 is 28.7 Å². The van der Waals surface area contributed by atoms with Gasteiger partial charge < -0.3 is 5.11 Å². The Morgan fingerprint density at radius 2 is 2.12 bits per heavy atom. The SMILES string of the molecule is O=C(O)C1(c2ccc([N+](=O)[O-])s2)CC1(F)F. The lowest BCUT2D eigenvalue weighted by atomic mass is 10.1. The topological polar surface area (TPSA) is 80.4 Å². The number of nitro groups is 1. The van der Waals surface area contributed by atoms with Crippen LogP contribution < -0.4 is 0 Å². The molecule has 1 N–H and O–H groups in total. The summed E-state index contributed by atoms with van der Waals surface area (Å²) in [6.45, 7) is 0. The lowest BCUT2D eigenvalue weighted by Crippen LogP contribution is -2.25. The van der Waals surface area contributed by atoms with Gasteiger partial charge in [0.1, 0.15) is 0 Å². The van der Waals surface area contributed by atoms with Gasteiger partial charge in [0.2, 0.25) is 0 Å². The first-order chi connectivity index (χ1) is 7.31. The molecule has 0 saturated heterocycles. The number of carboxylic acid groups (broad SMARTS) is 1. The van der Waals surface area contributed by atoms with E-state index in [4.69, 9.17) is 5.11 Å². The third kappa shape index (κ3) is 1.22. The van der Waals surface area contributed by atoms with Crippen molar-refractivity contribution in [3.05, 3.63) is 27.1 Å². The van der Waals surface area contributed by atoms with Crippen LogP contribution in [-0.2, 0) is 10.2 Å². The van der Waals surface area contributed by atoms with Crippen molar-refractivity contribution >= 4 is 22.3 Å². The summed E-state index contributed by atoms with van der Waals surface area (Å²) in [4.78, 5) is 20.3. The summed E-state index contributed by atoms with van der Waals surface area (Å²) in [5.41, 5.74) is -2.26. The number of carbonyl (C=O) groups is 1. The maximum Gasteiger partial charge on any atom is 0.324 e. The van der Waals surface area contributed by atoms with E-state index in [-0.39, 0.29) is 9.88 Å². The van der Waals surface area contributed by atoms with Crippen molar-refractivity contribution in [2.24, 2.45) is 0 Å². The van der Waals surface area contributed by atoms with Crippen molar-refractivity contribution in [3.8, 4) is 0 Å². The molecule has 5 nitrogen and oxygen atoms in total. The zero-order valence-electron chi connectivity index (χ0n) is 7.65. The minimum atomic E-state index is -3.32. The molecule has 0 radical (unpaired) electrons. The number of rotatable bonds is 3. The van der Waals surface area contributed by atoms with Crippen molar-refractivity contribution in [2.45, 2.75) is 17.8 Å². The van der Waals surface area contributed by atoms with Crippen LogP contribution in [0.15, 0.2) is 12.1 Å². The number of thiophene rings is 1. The molecule has 1 fully saturated rings. The molecule has 1 aliphatic rings. The van der Waals surface area contributed by atoms with Crippen molar-refractivity contribution < 1.29 is 23.6 Å². The summed E-state index contributed by atoms with van der Waals surface area (Å²) in [6, 6.07) is 2.12. The Hall–Kier alpha value is -1.57. The highest BCUT2D eigenvalue weighted by atomic mass is 32.1. The summed E-state index contributed by atoms with van der Waals surface area (Å²) < 4.78 is 26.1. The molecule has 1 atom stereocenters. The van der Waals surface area contributed by atoms with E-state index in [2.05, 4.69) is 0 Å². The number of carboxylic acids is 1. The van der Waals surface area contributed by atoms with E-state index in [1.165, 1.54) is 0 Å². The molecule has 1 heterocycles. The molecular weight excluding hydrogens is 244 g/mol. The van der Waals surface area contributed by atoms with Crippen molar-refractivity contribution in [1.29, 1.82) is 0 Å². The van der Waals surface area contributed by atoms with E-state index in [0.29, 0.717) is 11.3 Å². The second kappa shape index (κ2) is 2.97. The van der Waals surface area contributed by atoms with Crippen LogP contribution in [0.1, 0.15) is 11.3 Å². The molecule has 0 amide bonds. The molecule has 8 heteroatoms. The largest absolute Gasteiger partial charge is 0.480 e. The van der Waals surface area contributed by atoms with Gasteiger partial charge in [0.15, 0.2) is 5.41 Å². The van der Waals surface area contributed by atoms with Crippen molar-refractivity contribution in [3.63, 3.8) is 0 Å². The maximum atomic E-state index is 13.1. The van der Waals surface area contributed by atoms with E-state index in [1.807, 2.05) is 0 Å². The molecule has 0 aromatic carbocycles. The van der Waals surface area contributed by atoms with Crippen LogP contribution in [0.2, 0.25) is 0 Å². The van der Waals surface area contributed by atoms with Crippen LogP contribution in [0.4, 0.5) is 13.8 Å². The van der Waals surface area contributed by atoms with E-state index in [0.717, 1.165) is 12.1 Å². The lowest BCUT2D eigenvalue weighted by molar-refractivity contribution is -0.380. The Kier molecular flexibility index (Phi) is 2.03. The molecule has 1 aromatic heterocycles. The smallest absolute Gasteiger partial charge is 0.324 e. The highest BCUT2D eigenvalue weighted by Crippen LogP contribution is 2.63. The molecule has 1 aliphatic carbocycles. The standard InChI is InChI=1S/C8H5F2NO4S/c9-8(10)3-7(8,6(12)13)4-1-2-5(16-4)11(14)15/h1-2H,3H2,(H,12,13). The average Bonchev–Trinajstić information content (AvgIpc) is 2.61. The first kappa shape index (κ1) is 10.9. The van der Waals surface area contributed by atoms with Crippen LogP contribution in [0.5, 0.6) is 0 Å². The second-order valence-electron chi connectivity index (χ2n) is 3.49. The zero-order chi connectivity index (χ0) is 12.1. The Labute approximate surface area is 91.5 Å². The van der Waals surface area contributed by atoms with E-state index in [9.17, 15) is 23.7 Å². The van der Waals surface area contributed by atoms with Gasteiger partial charge in [-0.05, 0) is 6.07 Å². The number of halogens is 2. The summed E-state index contributed by atoms with van der Waals surface area (Å²) in [7, 11) is 0. The second-order valence-corrected chi connectivity index (χ2v) is 4.55. The van der Waals surface area contributed by atoms with Gasteiger partial charge in [-0.3, -0.25) is 14.9 Å². The number of nitrogens with zero attached hydrogens (tertiary/aromatic N) is 1. The molecule has 86 valence electrons. The fourth-order valence-corrected chi connectivity index (χ4v) is 2.60. The molecular formula is C8H5F2NO4S. The minimum absolute atomic E-state index is 0.170. The molecule has 0 spiro atoms. The first-order valence-electron chi connectivity index (χ1n) is 4.17. The van der Waals surface area contributed by atoms with Gasteiger partial charge >= 0.3 is 11.0 Å². The van der Waals surface area contributed by atoms with Crippen LogP contribution >= 0.6 is 11.3 Å². The van der Waals surface area contributed by atoms with Crippen molar-refractivity contribution in [1.82, 2.24) is 0 Å². The highest BCUT2D eigenvalue weighted by molar-refractivity contribution is 7.15. The first-order valence-corrected chi connectivity index (χ1v) is 4.99. The lowest BCUT2D eigenvalue weighted by Gasteiger charge is -2.07. The number of aliphatic carboxylic acids is 1. The number of hydrogen-bond acceptors (Lipinski definition) is 4. The van der Waals surface area contributed by atoms with Crippen molar-refractivity contribution in [2.75, 3.05) is 0 Å². The summed E-state index contributed by atoms with van der Waals surface area (Å²) >= 11 is 0.481. The van der Waals surface area contributed by atoms with E-state index in [1.54, 1.807) is 0 Å². The molecule has 16 heavy (non-hydrogen) atoms. The summed E-state index contributed by atoms with van der Waals surface area (Å²) in [5.74, 6) is -4.97. The van der Waals surface area contributed by atoms with E-state index >= 15 is 0 Å². The van der Waals surface area contributed by atoms with Gasteiger partial charge in [-0.2, -0.15) is 0 Å². The minimum Gasteiger partial charge on any atom is -0.480 e. The molecule has 2 rings (SSSR count).